The average Bonchev–Trinajstić information content (AvgIpc) is 3.20. The Morgan fingerprint density at radius 1 is 1.21 bits per heavy atom. The van der Waals surface area contributed by atoms with Crippen LogP contribution < -0.4 is 0 Å². The smallest absolute Gasteiger partial charge is 0.237 e. The molecule has 0 saturated carbocycles. The van der Waals surface area contributed by atoms with Crippen LogP contribution in [0.1, 0.15) is 24.3 Å². The molecule has 3 atom stereocenters. The molecule has 7 heteroatoms. The van der Waals surface area contributed by atoms with Crippen LogP contribution in [0.4, 0.5) is 0 Å². The fourth-order valence-corrected chi connectivity index (χ4v) is 4.72. The quantitative estimate of drug-likeness (QED) is 0.868. The molecule has 1 N–H and O–H groups in total. The number of fused-ring (bicyclic) bond motifs is 1. The van der Waals surface area contributed by atoms with Gasteiger partial charge in [-0.15, -0.1) is 0 Å². The van der Waals surface area contributed by atoms with Crippen LogP contribution in [0.15, 0.2) is 12.1 Å². The van der Waals surface area contributed by atoms with Gasteiger partial charge in [-0.25, -0.2) is 0 Å². The fraction of sp³-hybridized carbons (Fsp3) is 0.588. The Morgan fingerprint density at radius 3 is 2.79 bits per heavy atom. The van der Waals surface area contributed by atoms with Crippen LogP contribution in [-0.4, -0.2) is 65.7 Å². The Labute approximate surface area is 151 Å². The summed E-state index contributed by atoms with van der Waals surface area (Å²) in [6.07, 6.45) is 1.79. The van der Waals surface area contributed by atoms with Gasteiger partial charge in [0, 0.05) is 43.3 Å². The van der Waals surface area contributed by atoms with Crippen molar-refractivity contribution in [3.8, 4) is 5.75 Å². The van der Waals surface area contributed by atoms with E-state index in [-0.39, 0.29) is 23.6 Å². The molecular weight excluding hydrogens is 351 g/mol. The molecule has 130 valence electrons. The van der Waals surface area contributed by atoms with Gasteiger partial charge in [-0.3, -0.25) is 9.69 Å². The predicted octanol–water partition coefficient (Wildman–Crippen LogP) is 2.49. The zero-order valence-electron chi connectivity index (χ0n) is 13.3. The van der Waals surface area contributed by atoms with Gasteiger partial charge in [-0.1, -0.05) is 23.2 Å². The van der Waals surface area contributed by atoms with Crippen LogP contribution >= 0.6 is 23.2 Å². The van der Waals surface area contributed by atoms with Crippen LogP contribution in [0.25, 0.3) is 0 Å². The molecule has 3 unspecified atom stereocenters. The first-order chi connectivity index (χ1) is 11.5. The highest BCUT2D eigenvalue weighted by molar-refractivity contribution is 6.42. The number of hydrogen-bond acceptors (Lipinski definition) is 4. The normalized spacial score (nSPS) is 30.8. The van der Waals surface area contributed by atoms with E-state index in [9.17, 15) is 9.90 Å². The molecule has 3 aliphatic rings. The van der Waals surface area contributed by atoms with Crippen molar-refractivity contribution in [2.45, 2.75) is 30.8 Å². The largest absolute Gasteiger partial charge is 0.508 e. The summed E-state index contributed by atoms with van der Waals surface area (Å²) in [6.45, 7) is 3.39. The number of carbonyl (C=O) groups is 1. The van der Waals surface area contributed by atoms with Gasteiger partial charge in [0.2, 0.25) is 5.91 Å². The standard InChI is InChI=1S/C17H20Cl2N2O3/c18-13-1-2-14(22)16(17(13)19)10-5-12-7-20(11-3-4-24-9-11)8-15(23)21(12)6-10/h1-2,10-12,22H,3-9H2. The number of amides is 1. The molecule has 0 bridgehead atoms. The molecule has 3 saturated heterocycles. The number of aromatic hydroxyl groups is 1. The molecule has 3 heterocycles. The van der Waals surface area contributed by atoms with E-state index in [1.165, 1.54) is 0 Å². The molecule has 0 spiro atoms. The maximum absolute atomic E-state index is 12.6. The first kappa shape index (κ1) is 16.5. The van der Waals surface area contributed by atoms with Crippen molar-refractivity contribution in [3.05, 3.63) is 27.7 Å². The Morgan fingerprint density at radius 2 is 2.04 bits per heavy atom. The van der Waals surface area contributed by atoms with Gasteiger partial charge in [0.1, 0.15) is 5.75 Å². The number of phenols is 1. The maximum atomic E-state index is 12.6. The van der Waals surface area contributed by atoms with Crippen molar-refractivity contribution >= 4 is 29.1 Å². The monoisotopic (exact) mass is 370 g/mol. The van der Waals surface area contributed by atoms with E-state index in [0.717, 1.165) is 26.0 Å². The van der Waals surface area contributed by atoms with Crippen LogP contribution in [-0.2, 0) is 9.53 Å². The summed E-state index contributed by atoms with van der Waals surface area (Å²) in [4.78, 5) is 16.8. The summed E-state index contributed by atoms with van der Waals surface area (Å²) in [5, 5.41) is 11.1. The molecule has 1 amide bonds. The molecule has 0 radical (unpaired) electrons. The number of nitrogens with zero attached hydrogens (tertiary/aromatic N) is 2. The maximum Gasteiger partial charge on any atom is 0.237 e. The summed E-state index contributed by atoms with van der Waals surface area (Å²) in [6, 6.07) is 3.67. The molecule has 0 aliphatic carbocycles. The highest BCUT2D eigenvalue weighted by Gasteiger charge is 2.43. The van der Waals surface area contributed by atoms with Crippen LogP contribution in [0.2, 0.25) is 10.0 Å². The van der Waals surface area contributed by atoms with E-state index in [2.05, 4.69) is 4.90 Å². The zero-order chi connectivity index (χ0) is 16.8. The lowest BCUT2D eigenvalue weighted by Gasteiger charge is -2.39. The van der Waals surface area contributed by atoms with Crippen molar-refractivity contribution in [2.75, 3.05) is 32.8 Å². The van der Waals surface area contributed by atoms with Gasteiger partial charge in [0.25, 0.3) is 0 Å². The highest BCUT2D eigenvalue weighted by Crippen LogP contribution is 2.43. The number of hydrogen-bond donors (Lipinski definition) is 1. The Balaban J connectivity index is 1.55. The summed E-state index contributed by atoms with van der Waals surface area (Å²) in [5.41, 5.74) is 0.669. The number of benzene rings is 1. The minimum Gasteiger partial charge on any atom is -0.508 e. The van der Waals surface area contributed by atoms with E-state index in [0.29, 0.717) is 41.3 Å². The van der Waals surface area contributed by atoms with Gasteiger partial charge in [-0.2, -0.15) is 0 Å². The number of phenolic OH excluding ortho intramolecular Hbond substituents is 1. The second kappa shape index (κ2) is 6.37. The third kappa shape index (κ3) is 2.77. The van der Waals surface area contributed by atoms with Gasteiger partial charge in [-0.05, 0) is 25.0 Å². The molecule has 24 heavy (non-hydrogen) atoms. The summed E-state index contributed by atoms with van der Waals surface area (Å²) in [7, 11) is 0. The lowest BCUT2D eigenvalue weighted by Crippen LogP contribution is -2.56. The van der Waals surface area contributed by atoms with E-state index in [1.54, 1.807) is 12.1 Å². The first-order valence-corrected chi connectivity index (χ1v) is 9.08. The molecule has 0 aromatic heterocycles. The third-order valence-electron chi connectivity index (χ3n) is 5.46. The minimum absolute atomic E-state index is 0.0185. The lowest BCUT2D eigenvalue weighted by atomic mass is 9.95. The molecule has 1 aromatic carbocycles. The van der Waals surface area contributed by atoms with E-state index in [1.807, 2.05) is 4.90 Å². The van der Waals surface area contributed by atoms with Crippen molar-refractivity contribution in [1.82, 2.24) is 9.80 Å². The Hall–Kier alpha value is -1.01. The number of piperazine rings is 1. The number of halogens is 2. The van der Waals surface area contributed by atoms with Crippen molar-refractivity contribution in [2.24, 2.45) is 0 Å². The summed E-state index contributed by atoms with van der Waals surface area (Å²) >= 11 is 12.4. The average molecular weight is 371 g/mol. The summed E-state index contributed by atoms with van der Waals surface area (Å²) < 4.78 is 5.46. The number of carbonyl (C=O) groups excluding carboxylic acids is 1. The lowest BCUT2D eigenvalue weighted by molar-refractivity contribution is -0.138. The topological polar surface area (TPSA) is 53.0 Å². The van der Waals surface area contributed by atoms with Gasteiger partial charge in [0.15, 0.2) is 0 Å². The zero-order valence-corrected chi connectivity index (χ0v) is 14.8. The molecule has 3 fully saturated rings. The summed E-state index contributed by atoms with van der Waals surface area (Å²) in [5.74, 6) is 0.325. The van der Waals surface area contributed by atoms with Crippen molar-refractivity contribution in [3.63, 3.8) is 0 Å². The Kier molecular flexibility index (Phi) is 4.37. The molecule has 1 aromatic rings. The fourth-order valence-electron chi connectivity index (χ4n) is 4.24. The van der Waals surface area contributed by atoms with Gasteiger partial charge < -0.3 is 14.7 Å². The van der Waals surface area contributed by atoms with Crippen LogP contribution in [0.3, 0.4) is 0 Å². The minimum atomic E-state index is 0.0185. The van der Waals surface area contributed by atoms with E-state index >= 15 is 0 Å². The van der Waals surface area contributed by atoms with E-state index < -0.39 is 0 Å². The number of rotatable bonds is 2. The van der Waals surface area contributed by atoms with Crippen molar-refractivity contribution in [1.29, 1.82) is 0 Å². The van der Waals surface area contributed by atoms with Crippen LogP contribution in [0.5, 0.6) is 5.75 Å². The van der Waals surface area contributed by atoms with E-state index in [4.69, 9.17) is 27.9 Å². The molecule has 3 aliphatic heterocycles. The number of ether oxygens (including phenoxy) is 1. The van der Waals surface area contributed by atoms with Crippen molar-refractivity contribution < 1.29 is 14.6 Å². The second-order valence-electron chi connectivity index (χ2n) is 6.87. The SMILES string of the molecule is O=C1CN(C2CCOC2)CC2CC(c3c(O)ccc(Cl)c3Cl)CN12. The Bertz CT molecular complexity index is 663. The highest BCUT2D eigenvalue weighted by atomic mass is 35.5. The van der Waals surface area contributed by atoms with Crippen LogP contribution in [0, 0.1) is 0 Å². The molecule has 5 nitrogen and oxygen atoms in total. The first-order valence-electron chi connectivity index (χ1n) is 8.32. The second-order valence-corrected chi connectivity index (χ2v) is 7.66. The molecule has 4 rings (SSSR count). The third-order valence-corrected chi connectivity index (χ3v) is 6.28. The van der Waals surface area contributed by atoms with Gasteiger partial charge >= 0.3 is 0 Å². The predicted molar refractivity (Wildman–Crippen MR) is 91.8 cm³/mol. The molecular formula is C17H20Cl2N2O3. The van der Waals surface area contributed by atoms with Gasteiger partial charge in [0.05, 0.1) is 23.2 Å².